The molecule has 3 aromatic carbocycles. The van der Waals surface area contributed by atoms with Gasteiger partial charge in [-0.15, -0.1) is 0 Å². The second-order valence-corrected chi connectivity index (χ2v) is 10.2. The van der Waals surface area contributed by atoms with E-state index in [0.29, 0.717) is 22.7 Å². The highest BCUT2D eigenvalue weighted by molar-refractivity contribution is 6.03. The summed E-state index contributed by atoms with van der Waals surface area (Å²) in [6, 6.07) is 21.5. The molecule has 0 spiro atoms. The van der Waals surface area contributed by atoms with Crippen molar-refractivity contribution in [3.8, 4) is 0 Å². The zero-order chi connectivity index (χ0) is 28.5. The van der Waals surface area contributed by atoms with Gasteiger partial charge in [0.15, 0.2) is 5.78 Å². The number of hydrogen-bond acceptors (Lipinski definition) is 4. The Morgan fingerprint density at radius 1 is 0.875 bits per heavy atom. The Balaban J connectivity index is 1.53. The number of aliphatic carboxylic acids is 1. The van der Waals surface area contributed by atoms with Gasteiger partial charge in [0.2, 0.25) is 0 Å². The standard InChI is InChI=1S/C32H35N3O5/c1-22(36)27-8-5-9-28(20-27)34-32(40)35(29-16-14-25(15-17-29)24-6-3-2-4-7-24)21-23-10-12-26(13-11-23)31(39)33-19-18-30(37)38/h5,8-17,20,24H,2-4,6-7,18-19,21H2,1H3,(H,33,39)(H,34,40)(H,37,38). The monoisotopic (exact) mass is 541 g/mol. The fourth-order valence-electron chi connectivity index (χ4n) is 4.98. The number of rotatable bonds is 10. The van der Waals surface area contributed by atoms with Crippen LogP contribution in [0.5, 0.6) is 0 Å². The minimum atomic E-state index is -0.978. The highest BCUT2D eigenvalue weighted by Gasteiger charge is 2.20. The molecule has 3 amide bonds. The Bertz CT molecular complexity index is 1350. The van der Waals surface area contributed by atoms with Crippen LogP contribution in [-0.2, 0) is 11.3 Å². The Hall–Kier alpha value is -4.46. The number of Topliss-reactive ketones (excluding diaryl/α,β-unsaturated/α-hetero) is 1. The molecule has 0 unspecified atom stereocenters. The van der Waals surface area contributed by atoms with E-state index in [-0.39, 0.29) is 37.2 Å². The molecule has 0 bridgehead atoms. The summed E-state index contributed by atoms with van der Waals surface area (Å²) in [6.07, 6.45) is 6.00. The van der Waals surface area contributed by atoms with E-state index in [1.807, 2.05) is 12.1 Å². The van der Waals surface area contributed by atoms with Crippen LogP contribution in [0.15, 0.2) is 72.8 Å². The van der Waals surface area contributed by atoms with Crippen molar-refractivity contribution in [3.63, 3.8) is 0 Å². The van der Waals surface area contributed by atoms with Gasteiger partial charge in [-0.2, -0.15) is 0 Å². The van der Waals surface area contributed by atoms with E-state index in [1.54, 1.807) is 53.4 Å². The molecule has 40 heavy (non-hydrogen) atoms. The summed E-state index contributed by atoms with van der Waals surface area (Å²) in [4.78, 5) is 50.0. The van der Waals surface area contributed by atoms with Gasteiger partial charge in [0.1, 0.15) is 0 Å². The fraction of sp³-hybridized carbons (Fsp3) is 0.312. The molecule has 208 valence electrons. The number of nitrogens with zero attached hydrogens (tertiary/aromatic N) is 1. The summed E-state index contributed by atoms with van der Waals surface area (Å²) in [6.45, 7) is 1.78. The average molecular weight is 542 g/mol. The molecule has 0 heterocycles. The lowest BCUT2D eigenvalue weighted by Gasteiger charge is -2.26. The maximum Gasteiger partial charge on any atom is 0.326 e. The number of amides is 3. The van der Waals surface area contributed by atoms with Crippen LogP contribution in [0.1, 0.15) is 83.2 Å². The zero-order valence-electron chi connectivity index (χ0n) is 22.7. The lowest BCUT2D eigenvalue weighted by molar-refractivity contribution is -0.136. The molecule has 1 fully saturated rings. The topological polar surface area (TPSA) is 116 Å². The molecule has 3 aromatic rings. The highest BCUT2D eigenvalue weighted by Crippen LogP contribution is 2.33. The predicted octanol–water partition coefficient (Wildman–Crippen LogP) is 6.38. The molecule has 8 heteroatoms. The van der Waals surface area contributed by atoms with E-state index in [0.717, 1.165) is 11.3 Å². The summed E-state index contributed by atoms with van der Waals surface area (Å²) in [5.41, 5.74) is 4.27. The summed E-state index contributed by atoms with van der Waals surface area (Å²) < 4.78 is 0. The van der Waals surface area contributed by atoms with Crippen molar-refractivity contribution in [2.45, 2.75) is 57.9 Å². The molecule has 1 aliphatic carbocycles. The summed E-state index contributed by atoms with van der Waals surface area (Å²) >= 11 is 0. The van der Waals surface area contributed by atoms with E-state index < -0.39 is 5.97 Å². The van der Waals surface area contributed by atoms with Crippen LogP contribution in [0, 0.1) is 0 Å². The normalized spacial score (nSPS) is 13.3. The number of carboxylic acids is 1. The number of carboxylic acid groups (broad SMARTS) is 1. The van der Waals surface area contributed by atoms with Crippen molar-refractivity contribution in [2.24, 2.45) is 0 Å². The van der Waals surface area contributed by atoms with Crippen LogP contribution in [-0.4, -0.2) is 35.3 Å². The molecular weight excluding hydrogens is 506 g/mol. The Labute approximate surface area is 234 Å². The Kier molecular flexibility index (Phi) is 9.67. The van der Waals surface area contributed by atoms with Crippen LogP contribution in [0.25, 0.3) is 0 Å². The van der Waals surface area contributed by atoms with Crippen LogP contribution in [0.3, 0.4) is 0 Å². The van der Waals surface area contributed by atoms with Gasteiger partial charge in [-0.05, 0) is 73.2 Å². The van der Waals surface area contributed by atoms with Crippen molar-refractivity contribution < 1.29 is 24.3 Å². The molecule has 0 atom stereocenters. The number of urea groups is 1. The van der Waals surface area contributed by atoms with Crippen molar-refractivity contribution in [1.29, 1.82) is 0 Å². The van der Waals surface area contributed by atoms with E-state index in [9.17, 15) is 19.2 Å². The largest absolute Gasteiger partial charge is 0.481 e. The smallest absolute Gasteiger partial charge is 0.326 e. The second-order valence-electron chi connectivity index (χ2n) is 10.2. The molecule has 1 saturated carbocycles. The van der Waals surface area contributed by atoms with Crippen molar-refractivity contribution >= 4 is 35.1 Å². The predicted molar refractivity (Wildman–Crippen MR) is 155 cm³/mol. The van der Waals surface area contributed by atoms with Gasteiger partial charge in [-0.3, -0.25) is 19.3 Å². The third kappa shape index (κ3) is 7.79. The Morgan fingerprint density at radius 2 is 1.57 bits per heavy atom. The first-order valence-corrected chi connectivity index (χ1v) is 13.7. The van der Waals surface area contributed by atoms with E-state index >= 15 is 0 Å². The summed E-state index contributed by atoms with van der Waals surface area (Å²) in [5, 5.41) is 14.3. The number of ketones is 1. The van der Waals surface area contributed by atoms with Gasteiger partial charge < -0.3 is 15.7 Å². The lowest BCUT2D eigenvalue weighted by atomic mass is 9.84. The minimum Gasteiger partial charge on any atom is -0.481 e. The maximum atomic E-state index is 13.6. The van der Waals surface area contributed by atoms with Gasteiger partial charge in [-0.25, -0.2) is 4.79 Å². The molecule has 0 radical (unpaired) electrons. The third-order valence-corrected chi connectivity index (χ3v) is 7.23. The van der Waals surface area contributed by atoms with Gasteiger partial charge in [0, 0.05) is 29.0 Å². The molecule has 0 aliphatic heterocycles. The molecule has 1 aliphatic rings. The lowest BCUT2D eigenvalue weighted by Crippen LogP contribution is -2.34. The van der Waals surface area contributed by atoms with Crippen LogP contribution in [0.2, 0.25) is 0 Å². The number of benzene rings is 3. The molecule has 4 rings (SSSR count). The van der Waals surface area contributed by atoms with Gasteiger partial charge in [-0.1, -0.05) is 55.7 Å². The van der Waals surface area contributed by atoms with E-state index in [4.69, 9.17) is 5.11 Å². The van der Waals surface area contributed by atoms with Crippen LogP contribution in [0.4, 0.5) is 16.2 Å². The third-order valence-electron chi connectivity index (χ3n) is 7.23. The van der Waals surface area contributed by atoms with Crippen molar-refractivity contribution in [3.05, 3.63) is 95.1 Å². The van der Waals surface area contributed by atoms with Crippen molar-refractivity contribution in [1.82, 2.24) is 5.32 Å². The van der Waals surface area contributed by atoms with Crippen LogP contribution >= 0.6 is 0 Å². The fourth-order valence-corrected chi connectivity index (χ4v) is 4.98. The second kappa shape index (κ2) is 13.6. The average Bonchev–Trinajstić information content (AvgIpc) is 2.96. The van der Waals surface area contributed by atoms with Gasteiger partial charge in [0.05, 0.1) is 13.0 Å². The molecular formula is C32H35N3O5. The molecule has 3 N–H and O–H groups in total. The Morgan fingerprint density at radius 3 is 2.23 bits per heavy atom. The molecule has 0 saturated heterocycles. The zero-order valence-corrected chi connectivity index (χ0v) is 22.7. The van der Waals surface area contributed by atoms with E-state index in [1.165, 1.54) is 44.6 Å². The molecule has 8 nitrogen and oxygen atoms in total. The number of carbonyl (C=O) groups excluding carboxylic acids is 3. The number of carbonyl (C=O) groups is 4. The summed E-state index contributed by atoms with van der Waals surface area (Å²) in [5.74, 6) is -0.869. The first kappa shape index (κ1) is 28.5. The highest BCUT2D eigenvalue weighted by atomic mass is 16.4. The van der Waals surface area contributed by atoms with Crippen LogP contribution < -0.4 is 15.5 Å². The minimum absolute atomic E-state index is 0.0472. The van der Waals surface area contributed by atoms with E-state index in [2.05, 4.69) is 22.8 Å². The molecule has 0 aromatic heterocycles. The maximum absolute atomic E-state index is 13.6. The first-order chi connectivity index (χ1) is 19.3. The van der Waals surface area contributed by atoms with Gasteiger partial charge in [0.25, 0.3) is 5.91 Å². The SMILES string of the molecule is CC(=O)c1cccc(NC(=O)N(Cc2ccc(C(=O)NCCC(=O)O)cc2)c2ccc(C3CCCCC3)cc2)c1. The first-order valence-electron chi connectivity index (χ1n) is 13.7. The summed E-state index contributed by atoms with van der Waals surface area (Å²) in [7, 11) is 0. The number of hydrogen-bond donors (Lipinski definition) is 3. The number of nitrogens with one attached hydrogen (secondary N) is 2. The quantitative estimate of drug-likeness (QED) is 0.258. The van der Waals surface area contributed by atoms with Crippen molar-refractivity contribution in [2.75, 3.05) is 16.8 Å². The van der Waals surface area contributed by atoms with Gasteiger partial charge >= 0.3 is 12.0 Å². The number of anilines is 2.